The van der Waals surface area contributed by atoms with E-state index < -0.39 is 0 Å². The molecule has 2 aromatic rings. The molecule has 16 heavy (non-hydrogen) atoms. The van der Waals surface area contributed by atoms with Crippen LogP contribution in [-0.2, 0) is 11.2 Å². The Balaban J connectivity index is 2.17. The van der Waals surface area contributed by atoms with E-state index in [2.05, 4.69) is 10.2 Å². The summed E-state index contributed by atoms with van der Waals surface area (Å²) in [5.41, 5.74) is 2.81. The van der Waals surface area contributed by atoms with E-state index in [0.29, 0.717) is 5.89 Å². The van der Waals surface area contributed by atoms with Gasteiger partial charge in [0, 0.05) is 5.56 Å². The van der Waals surface area contributed by atoms with Crippen molar-refractivity contribution in [1.29, 1.82) is 0 Å². The predicted octanol–water partition coefficient (Wildman–Crippen LogP) is 0.269. The van der Waals surface area contributed by atoms with E-state index in [-0.39, 0.29) is 18.2 Å². The predicted molar refractivity (Wildman–Crippen MR) is 55.8 cm³/mol. The number of hydrogen-bond acceptors (Lipinski definition) is 5. The molecule has 0 aliphatic carbocycles. The van der Waals surface area contributed by atoms with Crippen molar-refractivity contribution in [3.8, 4) is 11.5 Å². The SMILES string of the molecule is NNC(=O)Cc1nnc(-c2ccccc2)o1. The zero-order chi connectivity index (χ0) is 11.4. The van der Waals surface area contributed by atoms with Gasteiger partial charge in [0.1, 0.15) is 6.42 Å². The van der Waals surface area contributed by atoms with Gasteiger partial charge in [0.25, 0.3) is 0 Å². The molecule has 1 heterocycles. The van der Waals surface area contributed by atoms with Crippen LogP contribution in [0.3, 0.4) is 0 Å². The highest BCUT2D eigenvalue weighted by atomic mass is 16.4. The number of amides is 1. The molecular weight excluding hydrogens is 208 g/mol. The van der Waals surface area contributed by atoms with Crippen molar-refractivity contribution in [2.24, 2.45) is 5.84 Å². The highest BCUT2D eigenvalue weighted by molar-refractivity contribution is 5.76. The van der Waals surface area contributed by atoms with Gasteiger partial charge >= 0.3 is 0 Å². The molecule has 0 saturated carbocycles. The maximum Gasteiger partial charge on any atom is 0.247 e. The Kier molecular flexibility index (Phi) is 2.93. The zero-order valence-electron chi connectivity index (χ0n) is 8.38. The van der Waals surface area contributed by atoms with Gasteiger partial charge < -0.3 is 4.42 Å². The summed E-state index contributed by atoms with van der Waals surface area (Å²) < 4.78 is 5.30. The number of nitrogens with one attached hydrogen (secondary N) is 1. The topological polar surface area (TPSA) is 94.0 Å². The molecule has 1 amide bonds. The summed E-state index contributed by atoms with van der Waals surface area (Å²) in [6, 6.07) is 9.32. The van der Waals surface area contributed by atoms with Crippen molar-refractivity contribution >= 4 is 5.91 Å². The lowest BCUT2D eigenvalue weighted by Gasteiger charge is -1.93. The number of hydrazine groups is 1. The van der Waals surface area contributed by atoms with Crippen LogP contribution in [0.4, 0.5) is 0 Å². The summed E-state index contributed by atoms with van der Waals surface area (Å²) in [4.78, 5) is 11.0. The lowest BCUT2D eigenvalue weighted by Crippen LogP contribution is -2.31. The van der Waals surface area contributed by atoms with Gasteiger partial charge in [-0.05, 0) is 12.1 Å². The lowest BCUT2D eigenvalue weighted by atomic mass is 10.2. The smallest absolute Gasteiger partial charge is 0.247 e. The second kappa shape index (κ2) is 4.54. The molecule has 0 atom stereocenters. The highest BCUT2D eigenvalue weighted by Gasteiger charge is 2.10. The first-order valence-corrected chi connectivity index (χ1v) is 4.67. The van der Waals surface area contributed by atoms with Crippen molar-refractivity contribution in [1.82, 2.24) is 15.6 Å². The van der Waals surface area contributed by atoms with Gasteiger partial charge in [-0.2, -0.15) is 0 Å². The number of nitrogens with zero attached hydrogens (tertiary/aromatic N) is 2. The number of hydrogen-bond donors (Lipinski definition) is 2. The maximum absolute atomic E-state index is 11.0. The lowest BCUT2D eigenvalue weighted by molar-refractivity contribution is -0.120. The first kappa shape index (κ1) is 10.3. The molecular formula is C10H10N4O2. The van der Waals surface area contributed by atoms with Gasteiger partial charge in [-0.3, -0.25) is 10.2 Å². The minimum atomic E-state index is -0.372. The van der Waals surface area contributed by atoms with E-state index in [1.807, 2.05) is 35.8 Å². The monoisotopic (exact) mass is 218 g/mol. The molecule has 6 heteroatoms. The molecule has 1 aromatic carbocycles. The molecule has 0 bridgehead atoms. The number of carbonyl (C=O) groups excluding carboxylic acids is 1. The third-order valence-corrected chi connectivity index (χ3v) is 1.96. The molecule has 2 rings (SSSR count). The first-order chi connectivity index (χ1) is 7.79. The molecule has 6 nitrogen and oxygen atoms in total. The van der Waals surface area contributed by atoms with Gasteiger partial charge in [-0.25, -0.2) is 5.84 Å². The van der Waals surface area contributed by atoms with Crippen molar-refractivity contribution in [2.75, 3.05) is 0 Å². The molecule has 0 radical (unpaired) electrons. The molecule has 0 fully saturated rings. The van der Waals surface area contributed by atoms with Crippen LogP contribution in [0, 0.1) is 0 Å². The minimum absolute atomic E-state index is 0.0175. The number of benzene rings is 1. The van der Waals surface area contributed by atoms with Crippen LogP contribution < -0.4 is 11.3 Å². The Bertz CT molecular complexity index is 481. The van der Waals surface area contributed by atoms with Crippen molar-refractivity contribution in [2.45, 2.75) is 6.42 Å². The number of nitrogens with two attached hydrogens (primary N) is 1. The van der Waals surface area contributed by atoms with Crippen LogP contribution in [0.1, 0.15) is 5.89 Å². The van der Waals surface area contributed by atoms with Crippen LogP contribution in [0.5, 0.6) is 0 Å². The summed E-state index contributed by atoms with van der Waals surface area (Å²) in [6.45, 7) is 0. The Hall–Kier alpha value is -2.21. The van der Waals surface area contributed by atoms with E-state index in [0.717, 1.165) is 5.56 Å². The number of aromatic nitrogens is 2. The molecule has 82 valence electrons. The Morgan fingerprint density at radius 2 is 2.06 bits per heavy atom. The van der Waals surface area contributed by atoms with Crippen LogP contribution in [0.2, 0.25) is 0 Å². The van der Waals surface area contributed by atoms with Gasteiger partial charge in [0.2, 0.25) is 17.7 Å². The second-order valence-corrected chi connectivity index (χ2v) is 3.11. The number of rotatable bonds is 3. The molecule has 1 aromatic heterocycles. The van der Waals surface area contributed by atoms with E-state index in [9.17, 15) is 4.79 Å². The van der Waals surface area contributed by atoms with Crippen molar-refractivity contribution in [3.63, 3.8) is 0 Å². The van der Waals surface area contributed by atoms with E-state index in [1.54, 1.807) is 0 Å². The first-order valence-electron chi connectivity index (χ1n) is 4.67. The maximum atomic E-state index is 11.0. The van der Waals surface area contributed by atoms with Crippen LogP contribution in [-0.4, -0.2) is 16.1 Å². The molecule has 0 saturated heterocycles. The molecule has 3 N–H and O–H groups in total. The molecule has 0 aliphatic rings. The average Bonchev–Trinajstić information content (AvgIpc) is 2.78. The van der Waals surface area contributed by atoms with Crippen molar-refractivity contribution in [3.05, 3.63) is 36.2 Å². The molecule has 0 aliphatic heterocycles. The van der Waals surface area contributed by atoms with E-state index in [1.165, 1.54) is 0 Å². The Morgan fingerprint density at radius 1 is 1.31 bits per heavy atom. The van der Waals surface area contributed by atoms with Gasteiger partial charge in [-0.1, -0.05) is 18.2 Å². The summed E-state index contributed by atoms with van der Waals surface area (Å²) in [5, 5.41) is 7.58. The van der Waals surface area contributed by atoms with Crippen LogP contribution in [0.25, 0.3) is 11.5 Å². The third kappa shape index (κ3) is 2.23. The van der Waals surface area contributed by atoms with Gasteiger partial charge in [-0.15, -0.1) is 10.2 Å². The Morgan fingerprint density at radius 3 is 2.75 bits per heavy atom. The molecule has 0 spiro atoms. The summed E-state index contributed by atoms with van der Waals surface area (Å²) in [5.74, 6) is 5.20. The number of carbonyl (C=O) groups is 1. The fourth-order valence-corrected chi connectivity index (χ4v) is 1.21. The van der Waals surface area contributed by atoms with E-state index >= 15 is 0 Å². The normalized spacial score (nSPS) is 10.1. The van der Waals surface area contributed by atoms with Crippen LogP contribution >= 0.6 is 0 Å². The minimum Gasteiger partial charge on any atom is -0.420 e. The van der Waals surface area contributed by atoms with Crippen molar-refractivity contribution < 1.29 is 9.21 Å². The largest absolute Gasteiger partial charge is 0.420 e. The summed E-state index contributed by atoms with van der Waals surface area (Å²) in [6.07, 6.45) is -0.0175. The van der Waals surface area contributed by atoms with Gasteiger partial charge in [0.15, 0.2) is 0 Å². The van der Waals surface area contributed by atoms with Gasteiger partial charge in [0.05, 0.1) is 0 Å². The fraction of sp³-hybridized carbons (Fsp3) is 0.100. The fourth-order valence-electron chi connectivity index (χ4n) is 1.21. The third-order valence-electron chi connectivity index (χ3n) is 1.96. The van der Waals surface area contributed by atoms with E-state index in [4.69, 9.17) is 10.3 Å². The standard InChI is InChI=1S/C10H10N4O2/c11-12-8(15)6-9-13-14-10(16-9)7-4-2-1-3-5-7/h1-5H,6,11H2,(H,12,15). The highest BCUT2D eigenvalue weighted by Crippen LogP contribution is 2.16. The Labute approximate surface area is 91.4 Å². The van der Waals surface area contributed by atoms with Crippen LogP contribution in [0.15, 0.2) is 34.7 Å². The average molecular weight is 218 g/mol. The molecule has 0 unspecified atom stereocenters. The summed E-state index contributed by atoms with van der Waals surface area (Å²) in [7, 11) is 0. The summed E-state index contributed by atoms with van der Waals surface area (Å²) >= 11 is 0. The zero-order valence-corrected chi connectivity index (χ0v) is 8.38. The quantitative estimate of drug-likeness (QED) is 0.438. The second-order valence-electron chi connectivity index (χ2n) is 3.11.